The molecule has 2 aromatic rings. The molecule has 0 bridgehead atoms. The molecule has 2 aromatic carbocycles. The summed E-state index contributed by atoms with van der Waals surface area (Å²) in [5, 5.41) is 0. The average Bonchev–Trinajstić information content (AvgIpc) is 2.90. The molecule has 8 nitrogen and oxygen atoms in total. The monoisotopic (exact) mass is 496 g/mol. The maximum atomic E-state index is 13.4. The van der Waals surface area contributed by atoms with Crippen molar-refractivity contribution < 1.29 is 28.5 Å². The highest BCUT2D eigenvalue weighted by Crippen LogP contribution is 2.39. The molecule has 2 fully saturated rings. The van der Waals surface area contributed by atoms with E-state index in [0.717, 1.165) is 5.56 Å². The van der Waals surface area contributed by atoms with Crippen LogP contribution < -0.4 is 14.2 Å². The number of rotatable bonds is 7. The summed E-state index contributed by atoms with van der Waals surface area (Å²) in [7, 11) is 3.09. The number of carbonyl (C=O) groups excluding carboxylic acids is 2. The van der Waals surface area contributed by atoms with Gasteiger partial charge in [0.1, 0.15) is 6.61 Å². The van der Waals surface area contributed by atoms with Gasteiger partial charge < -0.3 is 28.7 Å². The van der Waals surface area contributed by atoms with Gasteiger partial charge in [-0.1, -0.05) is 30.3 Å². The predicted octanol–water partition coefficient (Wildman–Crippen LogP) is 3.77. The Hall–Kier alpha value is -3.26. The quantitative estimate of drug-likeness (QED) is 0.581. The number of hydrogen-bond donors (Lipinski definition) is 0. The number of benzene rings is 2. The summed E-state index contributed by atoms with van der Waals surface area (Å²) in [5.41, 5.74) is 1.48. The van der Waals surface area contributed by atoms with E-state index in [2.05, 4.69) is 0 Å². The number of nitrogens with zero attached hydrogens (tertiary/aromatic N) is 2. The van der Waals surface area contributed by atoms with Crippen LogP contribution in [0.2, 0.25) is 0 Å². The van der Waals surface area contributed by atoms with Crippen molar-refractivity contribution in [1.29, 1.82) is 0 Å². The van der Waals surface area contributed by atoms with Gasteiger partial charge in [-0.3, -0.25) is 9.59 Å². The van der Waals surface area contributed by atoms with Crippen LogP contribution in [0, 0.1) is 5.92 Å². The molecule has 2 saturated heterocycles. The Labute approximate surface area is 213 Å². The third-order valence-electron chi connectivity index (χ3n) is 6.80. The maximum absolute atomic E-state index is 13.4. The van der Waals surface area contributed by atoms with E-state index >= 15 is 0 Å². The number of ether oxygens (including phenoxy) is 4. The van der Waals surface area contributed by atoms with E-state index in [-0.39, 0.29) is 29.9 Å². The molecular formula is C28H36N2O6. The largest absolute Gasteiger partial charge is 0.493 e. The summed E-state index contributed by atoms with van der Waals surface area (Å²) in [5.74, 6) is 1.33. The molecule has 0 saturated carbocycles. The van der Waals surface area contributed by atoms with Gasteiger partial charge in [-0.25, -0.2) is 0 Å². The van der Waals surface area contributed by atoms with Crippen LogP contribution in [0.1, 0.15) is 42.6 Å². The van der Waals surface area contributed by atoms with Crippen molar-refractivity contribution in [2.45, 2.75) is 45.5 Å². The first-order valence-electron chi connectivity index (χ1n) is 12.6. The lowest BCUT2D eigenvalue weighted by Gasteiger charge is -2.39. The number of carbonyl (C=O) groups is 2. The van der Waals surface area contributed by atoms with Gasteiger partial charge >= 0.3 is 0 Å². The summed E-state index contributed by atoms with van der Waals surface area (Å²) in [6, 6.07) is 13.2. The average molecular weight is 497 g/mol. The Balaban J connectivity index is 1.41. The molecule has 2 heterocycles. The van der Waals surface area contributed by atoms with E-state index in [0.29, 0.717) is 68.4 Å². The van der Waals surface area contributed by atoms with Crippen LogP contribution in [-0.2, 0) is 16.1 Å². The lowest BCUT2D eigenvalue weighted by Crippen LogP contribution is -2.51. The van der Waals surface area contributed by atoms with E-state index in [1.54, 1.807) is 31.3 Å². The van der Waals surface area contributed by atoms with Crippen molar-refractivity contribution in [3.63, 3.8) is 0 Å². The summed E-state index contributed by atoms with van der Waals surface area (Å²) >= 11 is 0. The van der Waals surface area contributed by atoms with Crippen molar-refractivity contribution in [3.05, 3.63) is 53.6 Å². The molecule has 2 unspecified atom stereocenters. The summed E-state index contributed by atoms with van der Waals surface area (Å²) < 4.78 is 22.9. The zero-order valence-electron chi connectivity index (χ0n) is 21.6. The Morgan fingerprint density at radius 3 is 2.06 bits per heavy atom. The molecule has 2 atom stereocenters. The fourth-order valence-corrected chi connectivity index (χ4v) is 5.00. The highest BCUT2D eigenvalue weighted by molar-refractivity contribution is 5.96. The van der Waals surface area contributed by atoms with Gasteiger partial charge in [0.2, 0.25) is 11.7 Å². The molecule has 2 aliphatic rings. The van der Waals surface area contributed by atoms with E-state index in [1.165, 1.54) is 0 Å². The smallest absolute Gasteiger partial charge is 0.254 e. The second-order valence-corrected chi connectivity index (χ2v) is 9.55. The molecule has 0 spiro atoms. The highest BCUT2D eigenvalue weighted by atomic mass is 16.5. The zero-order chi connectivity index (χ0) is 25.7. The summed E-state index contributed by atoms with van der Waals surface area (Å²) in [4.78, 5) is 30.2. The number of hydrogen-bond acceptors (Lipinski definition) is 6. The van der Waals surface area contributed by atoms with Crippen LogP contribution in [0.4, 0.5) is 0 Å². The Morgan fingerprint density at radius 1 is 0.917 bits per heavy atom. The van der Waals surface area contributed by atoms with Crippen LogP contribution in [0.15, 0.2) is 42.5 Å². The lowest BCUT2D eigenvalue weighted by molar-refractivity contribution is -0.148. The first-order chi connectivity index (χ1) is 17.4. The van der Waals surface area contributed by atoms with Crippen LogP contribution in [0.3, 0.4) is 0 Å². The van der Waals surface area contributed by atoms with Crippen LogP contribution in [0.25, 0.3) is 0 Å². The molecule has 0 aromatic heterocycles. The second kappa shape index (κ2) is 11.6. The molecule has 0 aliphatic carbocycles. The fraction of sp³-hybridized carbons (Fsp3) is 0.500. The minimum Gasteiger partial charge on any atom is -0.493 e. The first-order valence-corrected chi connectivity index (χ1v) is 12.6. The van der Waals surface area contributed by atoms with E-state index in [1.807, 2.05) is 49.1 Å². The van der Waals surface area contributed by atoms with Crippen molar-refractivity contribution in [2.24, 2.45) is 5.92 Å². The molecule has 194 valence electrons. The van der Waals surface area contributed by atoms with Crippen LogP contribution >= 0.6 is 0 Å². The molecule has 2 aliphatic heterocycles. The zero-order valence-corrected chi connectivity index (χ0v) is 21.6. The molecule has 0 radical (unpaired) electrons. The molecule has 8 heteroatoms. The number of methoxy groups -OCH3 is 2. The Kier molecular flexibility index (Phi) is 8.36. The molecule has 4 rings (SSSR count). The first kappa shape index (κ1) is 25.8. The maximum Gasteiger partial charge on any atom is 0.254 e. The molecule has 36 heavy (non-hydrogen) atoms. The molecular weight excluding hydrogens is 460 g/mol. The van der Waals surface area contributed by atoms with Gasteiger partial charge in [-0.15, -0.1) is 0 Å². The van der Waals surface area contributed by atoms with Gasteiger partial charge in [0.15, 0.2) is 11.5 Å². The van der Waals surface area contributed by atoms with Gasteiger partial charge in [0, 0.05) is 37.7 Å². The third-order valence-corrected chi connectivity index (χ3v) is 6.80. The normalized spacial score (nSPS) is 20.7. The van der Waals surface area contributed by atoms with Gasteiger partial charge in [-0.2, -0.15) is 0 Å². The van der Waals surface area contributed by atoms with Crippen molar-refractivity contribution >= 4 is 11.8 Å². The standard InChI is InChI=1S/C28H36N2O6/c1-19-16-30(17-20(2)36-19)27(31)22-10-12-29(13-11-22)28(32)23-14-24(33-3)26(25(15-23)34-4)35-18-21-8-6-5-7-9-21/h5-9,14-15,19-20,22H,10-13,16-18H2,1-4H3. The minimum absolute atomic E-state index is 0.0453. The third kappa shape index (κ3) is 5.93. The summed E-state index contributed by atoms with van der Waals surface area (Å²) in [6.07, 6.45) is 1.39. The SMILES string of the molecule is COc1cc(C(=O)N2CCC(C(=O)N3CC(C)OC(C)C3)CC2)cc(OC)c1OCc1ccccc1. The number of piperidine rings is 1. The fourth-order valence-electron chi connectivity index (χ4n) is 5.00. The van der Waals surface area contributed by atoms with E-state index in [4.69, 9.17) is 18.9 Å². The predicted molar refractivity (Wildman–Crippen MR) is 136 cm³/mol. The highest BCUT2D eigenvalue weighted by Gasteiger charge is 2.34. The number of likely N-dealkylation sites (tertiary alicyclic amines) is 1. The van der Waals surface area contributed by atoms with Crippen LogP contribution in [0.5, 0.6) is 17.2 Å². The van der Waals surface area contributed by atoms with Crippen molar-refractivity contribution in [3.8, 4) is 17.2 Å². The lowest BCUT2D eigenvalue weighted by atomic mass is 9.94. The topological polar surface area (TPSA) is 77.5 Å². The van der Waals surface area contributed by atoms with E-state index < -0.39 is 0 Å². The second-order valence-electron chi connectivity index (χ2n) is 9.55. The van der Waals surface area contributed by atoms with Gasteiger partial charge in [-0.05, 0) is 44.4 Å². The van der Waals surface area contributed by atoms with Gasteiger partial charge in [0.25, 0.3) is 5.91 Å². The van der Waals surface area contributed by atoms with Crippen LogP contribution in [-0.4, -0.2) is 74.2 Å². The summed E-state index contributed by atoms with van der Waals surface area (Å²) in [6.45, 7) is 6.66. The number of morpholine rings is 1. The Bertz CT molecular complexity index is 1020. The molecule has 0 N–H and O–H groups in total. The van der Waals surface area contributed by atoms with Crippen molar-refractivity contribution in [1.82, 2.24) is 9.80 Å². The number of amides is 2. The molecule has 2 amide bonds. The Morgan fingerprint density at radius 2 is 1.50 bits per heavy atom. The van der Waals surface area contributed by atoms with E-state index in [9.17, 15) is 9.59 Å². The van der Waals surface area contributed by atoms with Gasteiger partial charge in [0.05, 0.1) is 26.4 Å². The minimum atomic E-state index is -0.110. The van der Waals surface area contributed by atoms with Crippen molar-refractivity contribution in [2.75, 3.05) is 40.4 Å².